The first-order valence-corrected chi connectivity index (χ1v) is 9.56. The fraction of sp³-hybridized carbons (Fsp3) is 0.500. The predicted molar refractivity (Wildman–Crippen MR) is 99.5 cm³/mol. The first-order valence-electron chi connectivity index (χ1n) is 7.93. The smallest absolute Gasteiger partial charge is 0.270 e. The van der Waals surface area contributed by atoms with Crippen molar-refractivity contribution < 1.29 is 0 Å². The van der Waals surface area contributed by atoms with Crippen LogP contribution in [-0.2, 0) is 0 Å². The second-order valence-electron chi connectivity index (χ2n) is 6.00. The molecule has 0 bridgehead atoms. The molecule has 0 aliphatic heterocycles. The topological polar surface area (TPSA) is 78.1 Å². The van der Waals surface area contributed by atoms with Crippen LogP contribution in [0.4, 0.5) is 0 Å². The van der Waals surface area contributed by atoms with Crippen molar-refractivity contribution in [3.8, 4) is 0 Å². The van der Waals surface area contributed by atoms with E-state index >= 15 is 0 Å². The monoisotopic (exact) mass is 366 g/mol. The standard InChI is InChI=1S/C16H18N2O4S2/c1-5-7(3)17-13(19)9-10(14(17)20)24-12-11(23-9)15(21)18(16(12)22)8(4)6-2/h7-8H,5-6H2,1-4H3. The highest BCUT2D eigenvalue weighted by atomic mass is 32.1. The number of fused-ring (bicyclic) bond motifs is 2. The molecule has 6 nitrogen and oxygen atoms in total. The van der Waals surface area contributed by atoms with E-state index in [1.54, 1.807) is 0 Å². The molecule has 128 valence electrons. The van der Waals surface area contributed by atoms with Crippen LogP contribution in [-0.4, -0.2) is 9.13 Å². The van der Waals surface area contributed by atoms with Gasteiger partial charge in [0.2, 0.25) is 0 Å². The molecule has 0 aliphatic rings. The van der Waals surface area contributed by atoms with Gasteiger partial charge in [-0.3, -0.25) is 28.3 Å². The summed E-state index contributed by atoms with van der Waals surface area (Å²) in [6.45, 7) is 7.42. The summed E-state index contributed by atoms with van der Waals surface area (Å²) in [6, 6.07) is -0.427. The molecule has 0 amide bonds. The van der Waals surface area contributed by atoms with Gasteiger partial charge in [0.1, 0.15) is 18.8 Å². The molecule has 0 saturated heterocycles. The molecule has 3 rings (SSSR count). The average Bonchev–Trinajstić information content (AvgIpc) is 2.97. The van der Waals surface area contributed by atoms with Gasteiger partial charge >= 0.3 is 0 Å². The molecule has 0 spiro atoms. The summed E-state index contributed by atoms with van der Waals surface area (Å²) in [5.74, 6) is 0. The molecule has 0 N–H and O–H groups in total. The van der Waals surface area contributed by atoms with Gasteiger partial charge in [-0.15, -0.1) is 22.7 Å². The minimum atomic E-state index is -0.365. The van der Waals surface area contributed by atoms with Crippen molar-refractivity contribution >= 4 is 41.5 Å². The zero-order valence-electron chi connectivity index (χ0n) is 13.9. The molecule has 24 heavy (non-hydrogen) atoms. The fourth-order valence-corrected chi connectivity index (χ4v) is 5.11. The van der Waals surface area contributed by atoms with E-state index in [9.17, 15) is 19.2 Å². The molecule has 0 fully saturated rings. The van der Waals surface area contributed by atoms with Crippen LogP contribution in [0.2, 0.25) is 0 Å². The number of aromatic nitrogens is 2. The SMILES string of the molecule is CCC(C)n1c(=O)c2sc3c(=O)n(C(C)CC)c(=O)c3sc2c1=O. The van der Waals surface area contributed by atoms with Crippen molar-refractivity contribution in [3.05, 3.63) is 41.4 Å². The second kappa shape index (κ2) is 5.93. The van der Waals surface area contributed by atoms with Gasteiger partial charge in [-0.2, -0.15) is 0 Å². The van der Waals surface area contributed by atoms with Crippen LogP contribution in [0.1, 0.15) is 52.6 Å². The van der Waals surface area contributed by atoms with Crippen molar-refractivity contribution in [2.24, 2.45) is 0 Å². The van der Waals surface area contributed by atoms with Gasteiger partial charge in [0.15, 0.2) is 0 Å². The van der Waals surface area contributed by atoms with Crippen LogP contribution < -0.4 is 22.2 Å². The minimum Gasteiger partial charge on any atom is -0.270 e. The van der Waals surface area contributed by atoms with E-state index in [1.807, 2.05) is 27.7 Å². The summed E-state index contributed by atoms with van der Waals surface area (Å²) in [4.78, 5) is 50.3. The van der Waals surface area contributed by atoms with E-state index in [0.29, 0.717) is 12.8 Å². The van der Waals surface area contributed by atoms with Crippen molar-refractivity contribution in [2.75, 3.05) is 0 Å². The van der Waals surface area contributed by atoms with Gasteiger partial charge < -0.3 is 0 Å². The maximum absolute atomic E-state index is 12.6. The first kappa shape index (κ1) is 17.0. The first-order chi connectivity index (χ1) is 11.3. The third-order valence-corrected chi connectivity index (χ3v) is 7.13. The number of hydrogen-bond acceptors (Lipinski definition) is 6. The maximum Gasteiger partial charge on any atom is 0.272 e. The Balaban J connectivity index is 2.48. The zero-order valence-corrected chi connectivity index (χ0v) is 15.5. The molecule has 8 heteroatoms. The van der Waals surface area contributed by atoms with E-state index in [4.69, 9.17) is 0 Å². The molecule has 2 atom stereocenters. The molecular formula is C16H18N2O4S2. The molecule has 0 radical (unpaired) electrons. The Hall–Kier alpha value is -1.80. The average molecular weight is 366 g/mol. The quantitative estimate of drug-likeness (QED) is 0.711. The normalized spacial score (nSPS) is 14.5. The summed E-state index contributed by atoms with van der Waals surface area (Å²) in [5, 5.41) is 0. The molecule has 0 aliphatic carbocycles. The van der Waals surface area contributed by atoms with Crippen LogP contribution in [0.3, 0.4) is 0 Å². The maximum atomic E-state index is 12.6. The van der Waals surface area contributed by atoms with E-state index in [-0.39, 0.29) is 53.1 Å². The lowest BCUT2D eigenvalue weighted by atomic mass is 10.3. The molecule has 2 unspecified atom stereocenters. The Morgan fingerprint density at radius 2 is 0.917 bits per heavy atom. The zero-order chi connectivity index (χ0) is 17.8. The highest BCUT2D eigenvalue weighted by Crippen LogP contribution is 2.27. The largest absolute Gasteiger partial charge is 0.272 e. The van der Waals surface area contributed by atoms with E-state index in [0.717, 1.165) is 22.7 Å². The summed E-state index contributed by atoms with van der Waals surface area (Å²) < 4.78 is 3.56. The van der Waals surface area contributed by atoms with Gasteiger partial charge in [-0.05, 0) is 26.7 Å². The van der Waals surface area contributed by atoms with E-state index < -0.39 is 0 Å². The van der Waals surface area contributed by atoms with E-state index in [2.05, 4.69) is 0 Å². The lowest BCUT2D eigenvalue weighted by molar-refractivity contribution is 0.510. The van der Waals surface area contributed by atoms with Crippen molar-refractivity contribution in [1.29, 1.82) is 0 Å². The molecule has 0 saturated carbocycles. The van der Waals surface area contributed by atoms with Crippen LogP contribution in [0.5, 0.6) is 0 Å². The van der Waals surface area contributed by atoms with Gasteiger partial charge in [0, 0.05) is 12.1 Å². The molecule has 0 aromatic carbocycles. The third-order valence-electron chi connectivity index (χ3n) is 4.54. The summed E-state index contributed by atoms with van der Waals surface area (Å²) in [6.07, 6.45) is 1.31. The Kier molecular flexibility index (Phi) is 4.21. The minimum absolute atomic E-state index is 0.213. The second-order valence-corrected chi connectivity index (χ2v) is 8.04. The van der Waals surface area contributed by atoms with Crippen LogP contribution in [0, 0.1) is 0 Å². The van der Waals surface area contributed by atoms with Crippen LogP contribution >= 0.6 is 22.7 Å². The molecular weight excluding hydrogens is 348 g/mol. The van der Waals surface area contributed by atoms with Gasteiger partial charge in [-0.1, -0.05) is 13.8 Å². The predicted octanol–water partition coefficient (Wildman–Crippen LogP) is 2.54. The van der Waals surface area contributed by atoms with Gasteiger partial charge in [0.25, 0.3) is 22.2 Å². The number of nitrogens with zero attached hydrogens (tertiary/aromatic N) is 2. The highest BCUT2D eigenvalue weighted by Gasteiger charge is 2.23. The molecule has 3 heterocycles. The van der Waals surface area contributed by atoms with Gasteiger partial charge in [-0.25, -0.2) is 0 Å². The summed E-state index contributed by atoms with van der Waals surface area (Å²) >= 11 is 1.95. The number of hydrogen-bond donors (Lipinski definition) is 0. The summed E-state index contributed by atoms with van der Waals surface area (Å²) in [5.41, 5.74) is -1.46. The number of rotatable bonds is 4. The fourth-order valence-electron chi connectivity index (χ4n) is 2.74. The van der Waals surface area contributed by atoms with Gasteiger partial charge in [0.05, 0.1) is 0 Å². The summed E-state index contributed by atoms with van der Waals surface area (Å²) in [7, 11) is 0. The van der Waals surface area contributed by atoms with Crippen LogP contribution in [0.15, 0.2) is 19.2 Å². The lowest BCUT2D eigenvalue weighted by Gasteiger charge is -2.07. The van der Waals surface area contributed by atoms with Crippen LogP contribution in [0.25, 0.3) is 18.8 Å². The van der Waals surface area contributed by atoms with E-state index in [1.165, 1.54) is 9.13 Å². The Labute approximate surface area is 145 Å². The highest BCUT2D eigenvalue weighted by molar-refractivity contribution is 7.36. The molecule has 3 aromatic rings. The Bertz CT molecular complexity index is 985. The lowest BCUT2D eigenvalue weighted by Crippen LogP contribution is -2.28. The van der Waals surface area contributed by atoms with Crippen molar-refractivity contribution in [1.82, 2.24) is 9.13 Å². The molecule has 3 aromatic heterocycles. The third kappa shape index (κ3) is 2.20. The van der Waals surface area contributed by atoms with Crippen molar-refractivity contribution in [2.45, 2.75) is 52.6 Å². The van der Waals surface area contributed by atoms with Crippen molar-refractivity contribution in [3.63, 3.8) is 0 Å². The Morgan fingerprint density at radius 1 is 0.667 bits per heavy atom. The Morgan fingerprint density at radius 3 is 1.12 bits per heavy atom.